The predicted octanol–water partition coefficient (Wildman–Crippen LogP) is 1.53. The molecule has 0 atom stereocenters. The van der Waals surface area contributed by atoms with Gasteiger partial charge in [0.25, 0.3) is 5.91 Å². The Morgan fingerprint density at radius 3 is 3.00 bits per heavy atom. The molecule has 0 saturated heterocycles. The fraction of sp³-hybridized carbons (Fsp3) is 0.154. The molecule has 3 N–H and O–H groups in total. The lowest BCUT2D eigenvalue weighted by Crippen LogP contribution is -2.12. The zero-order chi connectivity index (χ0) is 15.7. The van der Waals surface area contributed by atoms with E-state index in [0.717, 1.165) is 0 Å². The SMILES string of the molecule is NCCn1cc(NC(=O)c2cnn3ccc(Cl)c(F)c23)cn1. The molecule has 0 aliphatic rings. The summed E-state index contributed by atoms with van der Waals surface area (Å²) >= 11 is 5.75. The minimum Gasteiger partial charge on any atom is -0.329 e. The summed E-state index contributed by atoms with van der Waals surface area (Å²) in [5.74, 6) is -1.19. The lowest BCUT2D eigenvalue weighted by Gasteiger charge is -2.02. The van der Waals surface area contributed by atoms with E-state index >= 15 is 0 Å². The third kappa shape index (κ3) is 2.53. The minimum absolute atomic E-state index is 0.0272. The fourth-order valence-electron chi connectivity index (χ4n) is 2.06. The molecular weight excluding hydrogens is 311 g/mol. The summed E-state index contributed by atoms with van der Waals surface area (Å²) in [6.45, 7) is 0.976. The number of anilines is 1. The van der Waals surface area contributed by atoms with E-state index in [0.29, 0.717) is 18.8 Å². The second-order valence-electron chi connectivity index (χ2n) is 4.56. The molecule has 0 bridgehead atoms. The molecule has 0 fully saturated rings. The molecule has 3 aromatic heterocycles. The van der Waals surface area contributed by atoms with Gasteiger partial charge in [-0.15, -0.1) is 0 Å². The second kappa shape index (κ2) is 5.74. The molecule has 3 heterocycles. The zero-order valence-electron chi connectivity index (χ0n) is 11.3. The number of hydrogen-bond donors (Lipinski definition) is 2. The number of amides is 1. The van der Waals surface area contributed by atoms with E-state index < -0.39 is 11.7 Å². The smallest absolute Gasteiger partial charge is 0.259 e. The molecule has 114 valence electrons. The number of pyridine rings is 1. The lowest BCUT2D eigenvalue weighted by atomic mass is 10.2. The lowest BCUT2D eigenvalue weighted by molar-refractivity contribution is 0.102. The van der Waals surface area contributed by atoms with Crippen molar-refractivity contribution in [1.29, 1.82) is 0 Å². The number of aromatic nitrogens is 4. The average Bonchev–Trinajstić information content (AvgIpc) is 3.10. The van der Waals surface area contributed by atoms with Crippen LogP contribution in [0.4, 0.5) is 10.1 Å². The van der Waals surface area contributed by atoms with Gasteiger partial charge in [-0.3, -0.25) is 9.48 Å². The number of nitrogens with one attached hydrogen (secondary N) is 1. The van der Waals surface area contributed by atoms with E-state index in [9.17, 15) is 9.18 Å². The number of carbonyl (C=O) groups excluding carboxylic acids is 1. The van der Waals surface area contributed by atoms with Crippen LogP contribution in [0.1, 0.15) is 10.4 Å². The van der Waals surface area contributed by atoms with E-state index in [1.165, 1.54) is 29.2 Å². The number of nitrogens with two attached hydrogens (primary N) is 1. The number of halogens is 2. The Balaban J connectivity index is 1.90. The Hall–Kier alpha value is -2.45. The topological polar surface area (TPSA) is 90.2 Å². The predicted molar refractivity (Wildman–Crippen MR) is 79.4 cm³/mol. The van der Waals surface area contributed by atoms with Crippen LogP contribution >= 0.6 is 11.6 Å². The van der Waals surface area contributed by atoms with Crippen molar-refractivity contribution in [2.24, 2.45) is 5.73 Å². The maximum Gasteiger partial charge on any atom is 0.259 e. The van der Waals surface area contributed by atoms with Crippen molar-refractivity contribution < 1.29 is 9.18 Å². The first-order valence-electron chi connectivity index (χ1n) is 6.45. The highest BCUT2D eigenvalue weighted by Gasteiger charge is 2.18. The van der Waals surface area contributed by atoms with Crippen LogP contribution in [0.5, 0.6) is 0 Å². The van der Waals surface area contributed by atoms with Gasteiger partial charge in [0.15, 0.2) is 5.82 Å². The molecule has 0 aromatic carbocycles. The summed E-state index contributed by atoms with van der Waals surface area (Å²) in [6, 6.07) is 1.37. The van der Waals surface area contributed by atoms with Gasteiger partial charge >= 0.3 is 0 Å². The maximum atomic E-state index is 14.1. The van der Waals surface area contributed by atoms with Crippen molar-refractivity contribution in [1.82, 2.24) is 19.4 Å². The molecule has 0 aliphatic heterocycles. The molecule has 0 spiro atoms. The molecule has 0 unspecified atom stereocenters. The molecular formula is C13H12ClFN6O. The first kappa shape index (κ1) is 14.5. The van der Waals surface area contributed by atoms with Crippen LogP contribution in [-0.4, -0.2) is 31.8 Å². The van der Waals surface area contributed by atoms with E-state index in [1.54, 1.807) is 10.9 Å². The molecule has 0 radical (unpaired) electrons. The molecule has 3 rings (SSSR count). The maximum absolute atomic E-state index is 14.1. The van der Waals surface area contributed by atoms with Gasteiger partial charge in [-0.05, 0) is 6.07 Å². The molecule has 0 saturated carbocycles. The Morgan fingerprint density at radius 2 is 2.23 bits per heavy atom. The van der Waals surface area contributed by atoms with Crippen molar-refractivity contribution in [2.45, 2.75) is 6.54 Å². The third-order valence-electron chi connectivity index (χ3n) is 3.07. The summed E-state index contributed by atoms with van der Waals surface area (Å²) in [6.07, 6.45) is 5.90. The highest BCUT2D eigenvalue weighted by atomic mass is 35.5. The van der Waals surface area contributed by atoms with Crippen molar-refractivity contribution >= 4 is 28.7 Å². The van der Waals surface area contributed by atoms with E-state index in [2.05, 4.69) is 15.5 Å². The minimum atomic E-state index is -0.689. The van der Waals surface area contributed by atoms with Gasteiger partial charge < -0.3 is 11.1 Å². The first-order valence-corrected chi connectivity index (χ1v) is 6.83. The number of carbonyl (C=O) groups is 1. The van der Waals surface area contributed by atoms with Gasteiger partial charge in [0.2, 0.25) is 0 Å². The van der Waals surface area contributed by atoms with E-state index in [-0.39, 0.29) is 16.1 Å². The van der Waals surface area contributed by atoms with Crippen LogP contribution in [0.15, 0.2) is 30.9 Å². The van der Waals surface area contributed by atoms with Crippen LogP contribution < -0.4 is 11.1 Å². The summed E-state index contributed by atoms with van der Waals surface area (Å²) in [7, 11) is 0. The van der Waals surface area contributed by atoms with Crippen LogP contribution in [0.2, 0.25) is 5.02 Å². The first-order chi connectivity index (χ1) is 10.6. The standard InChI is InChI=1S/C13H12ClFN6O/c14-10-1-3-21-12(11(10)15)9(6-18-21)13(22)19-8-5-17-20(7-8)4-2-16/h1,3,5-7H,2,4,16H2,(H,19,22). The number of nitrogens with zero attached hydrogens (tertiary/aromatic N) is 4. The molecule has 7 nitrogen and oxygen atoms in total. The monoisotopic (exact) mass is 322 g/mol. The van der Waals surface area contributed by atoms with Crippen molar-refractivity contribution in [3.8, 4) is 0 Å². The van der Waals surface area contributed by atoms with E-state index in [1.807, 2.05) is 0 Å². The fourth-order valence-corrected chi connectivity index (χ4v) is 2.21. The zero-order valence-corrected chi connectivity index (χ0v) is 12.1. The highest BCUT2D eigenvalue weighted by molar-refractivity contribution is 6.31. The molecule has 9 heteroatoms. The molecule has 0 aliphatic carbocycles. The normalized spacial score (nSPS) is 11.0. The van der Waals surface area contributed by atoms with Crippen molar-refractivity contribution in [3.05, 3.63) is 47.3 Å². The Bertz CT molecular complexity index is 842. The molecule has 22 heavy (non-hydrogen) atoms. The highest BCUT2D eigenvalue weighted by Crippen LogP contribution is 2.22. The summed E-state index contributed by atoms with van der Waals surface area (Å²) in [5, 5.41) is 10.5. The Labute approximate surface area is 129 Å². The van der Waals surface area contributed by atoms with Crippen molar-refractivity contribution in [2.75, 3.05) is 11.9 Å². The van der Waals surface area contributed by atoms with Gasteiger partial charge in [0.1, 0.15) is 5.52 Å². The van der Waals surface area contributed by atoms with Crippen LogP contribution in [-0.2, 0) is 6.54 Å². The molecule has 1 amide bonds. The van der Waals surface area contributed by atoms with Crippen LogP contribution in [0.25, 0.3) is 5.52 Å². The van der Waals surface area contributed by atoms with Crippen molar-refractivity contribution in [3.63, 3.8) is 0 Å². The summed E-state index contributed by atoms with van der Waals surface area (Å²) in [5.41, 5.74) is 6.03. The van der Waals surface area contributed by atoms with Gasteiger partial charge in [0, 0.05) is 18.9 Å². The summed E-state index contributed by atoms with van der Waals surface area (Å²) in [4.78, 5) is 12.3. The van der Waals surface area contributed by atoms with Gasteiger partial charge in [-0.25, -0.2) is 8.91 Å². The van der Waals surface area contributed by atoms with E-state index in [4.69, 9.17) is 17.3 Å². The average molecular weight is 323 g/mol. The largest absolute Gasteiger partial charge is 0.329 e. The third-order valence-corrected chi connectivity index (χ3v) is 3.36. The quantitative estimate of drug-likeness (QED) is 0.762. The van der Waals surface area contributed by atoms with Crippen LogP contribution in [0, 0.1) is 5.82 Å². The number of rotatable bonds is 4. The number of fused-ring (bicyclic) bond motifs is 1. The number of hydrogen-bond acceptors (Lipinski definition) is 4. The Morgan fingerprint density at radius 1 is 1.41 bits per heavy atom. The van der Waals surface area contributed by atoms with Gasteiger partial charge in [-0.2, -0.15) is 10.2 Å². The summed E-state index contributed by atoms with van der Waals surface area (Å²) < 4.78 is 17.0. The van der Waals surface area contributed by atoms with Gasteiger partial charge in [0.05, 0.1) is 35.2 Å². The van der Waals surface area contributed by atoms with Crippen LogP contribution in [0.3, 0.4) is 0 Å². The Kier molecular flexibility index (Phi) is 3.78. The second-order valence-corrected chi connectivity index (χ2v) is 4.97. The van der Waals surface area contributed by atoms with Gasteiger partial charge in [-0.1, -0.05) is 11.6 Å². The molecule has 3 aromatic rings.